The van der Waals surface area contributed by atoms with Crippen molar-refractivity contribution in [3.8, 4) is 11.5 Å². The standard InChI is InChI=1S/C26H28N2O5S.ClH/c1-4-33-26(30)23-21-10-11-28(15-17-8-6-5-7-9-17)16-22(21)34-25(23)27-24(29)18-12-19(31-2)14-20(13-18)32-3;/h5-9,12-14H,4,10-11,15-16H2,1-3H3,(H,27,29);1H. The van der Waals surface area contributed by atoms with Gasteiger partial charge in [0.1, 0.15) is 16.5 Å². The number of hydrogen-bond acceptors (Lipinski definition) is 7. The summed E-state index contributed by atoms with van der Waals surface area (Å²) in [4.78, 5) is 29.4. The summed E-state index contributed by atoms with van der Waals surface area (Å²) in [5, 5.41) is 3.45. The third kappa shape index (κ3) is 6.14. The number of carbonyl (C=O) groups is 2. The first-order chi connectivity index (χ1) is 16.5. The Morgan fingerprint density at radius 3 is 2.37 bits per heavy atom. The fourth-order valence-corrected chi connectivity index (χ4v) is 5.33. The zero-order chi connectivity index (χ0) is 24.1. The van der Waals surface area contributed by atoms with Crippen LogP contribution in [0.2, 0.25) is 0 Å². The Morgan fingerprint density at radius 2 is 1.74 bits per heavy atom. The number of amides is 1. The summed E-state index contributed by atoms with van der Waals surface area (Å²) in [5.41, 5.74) is 3.05. The van der Waals surface area contributed by atoms with Gasteiger partial charge >= 0.3 is 5.97 Å². The van der Waals surface area contributed by atoms with Gasteiger partial charge in [0.05, 0.1) is 26.4 Å². The third-order valence-electron chi connectivity index (χ3n) is 5.71. The van der Waals surface area contributed by atoms with Gasteiger partial charge in [-0.3, -0.25) is 9.69 Å². The van der Waals surface area contributed by atoms with Crippen molar-refractivity contribution < 1.29 is 23.8 Å². The number of rotatable bonds is 8. The van der Waals surface area contributed by atoms with E-state index in [1.54, 1.807) is 25.1 Å². The highest BCUT2D eigenvalue weighted by Crippen LogP contribution is 2.38. The molecule has 0 spiro atoms. The maximum atomic E-state index is 13.1. The maximum Gasteiger partial charge on any atom is 0.341 e. The summed E-state index contributed by atoms with van der Waals surface area (Å²) in [6, 6.07) is 15.3. The van der Waals surface area contributed by atoms with Gasteiger partial charge in [0.2, 0.25) is 0 Å². The number of ether oxygens (including phenoxy) is 3. The molecule has 0 saturated heterocycles. The Balaban J connectivity index is 0.00000342. The van der Waals surface area contributed by atoms with Crippen LogP contribution in [0.3, 0.4) is 0 Å². The first-order valence-electron chi connectivity index (χ1n) is 11.1. The van der Waals surface area contributed by atoms with Gasteiger partial charge in [-0.05, 0) is 36.6 Å². The second-order valence-electron chi connectivity index (χ2n) is 7.93. The Kier molecular flexibility index (Phi) is 9.14. The van der Waals surface area contributed by atoms with Gasteiger partial charge < -0.3 is 19.5 Å². The van der Waals surface area contributed by atoms with Gasteiger partial charge in [-0.15, -0.1) is 23.7 Å². The normalized spacial score (nSPS) is 12.8. The topological polar surface area (TPSA) is 77.1 Å². The zero-order valence-electron chi connectivity index (χ0n) is 20.0. The Labute approximate surface area is 215 Å². The van der Waals surface area contributed by atoms with Gasteiger partial charge in [0.25, 0.3) is 5.91 Å². The van der Waals surface area contributed by atoms with Crippen molar-refractivity contribution >= 4 is 40.6 Å². The van der Waals surface area contributed by atoms with Crippen LogP contribution in [0.15, 0.2) is 48.5 Å². The summed E-state index contributed by atoms with van der Waals surface area (Å²) in [5.74, 6) is 0.270. The molecule has 1 aliphatic heterocycles. The third-order valence-corrected chi connectivity index (χ3v) is 6.84. The van der Waals surface area contributed by atoms with Gasteiger partial charge in [0, 0.05) is 36.1 Å². The van der Waals surface area contributed by atoms with Crippen molar-refractivity contribution in [2.24, 2.45) is 0 Å². The monoisotopic (exact) mass is 516 g/mol. The van der Waals surface area contributed by atoms with Crippen molar-refractivity contribution in [2.45, 2.75) is 26.4 Å². The molecule has 1 amide bonds. The van der Waals surface area contributed by atoms with Gasteiger partial charge in [-0.1, -0.05) is 30.3 Å². The molecule has 0 saturated carbocycles. The molecule has 9 heteroatoms. The molecular formula is C26H29ClN2O5S. The summed E-state index contributed by atoms with van der Waals surface area (Å²) in [6.07, 6.45) is 0.718. The molecule has 1 aliphatic rings. The molecule has 0 unspecified atom stereocenters. The van der Waals surface area contributed by atoms with E-state index in [0.29, 0.717) is 34.2 Å². The molecule has 3 aromatic rings. The molecule has 1 aromatic heterocycles. The lowest BCUT2D eigenvalue weighted by Crippen LogP contribution is -2.29. The summed E-state index contributed by atoms with van der Waals surface area (Å²) >= 11 is 1.44. The number of methoxy groups -OCH3 is 2. The van der Waals surface area contributed by atoms with Gasteiger partial charge in [-0.2, -0.15) is 0 Å². The lowest BCUT2D eigenvalue weighted by Gasteiger charge is -2.27. The molecule has 0 radical (unpaired) electrons. The van der Waals surface area contributed by atoms with E-state index in [-0.39, 0.29) is 24.9 Å². The van der Waals surface area contributed by atoms with Crippen molar-refractivity contribution in [3.63, 3.8) is 0 Å². The van der Waals surface area contributed by atoms with Crippen LogP contribution in [0.25, 0.3) is 0 Å². The average molecular weight is 517 g/mol. The lowest BCUT2D eigenvalue weighted by molar-refractivity contribution is 0.0526. The number of carbonyl (C=O) groups excluding carboxylic acids is 2. The second-order valence-corrected chi connectivity index (χ2v) is 9.04. The van der Waals surface area contributed by atoms with Crippen LogP contribution < -0.4 is 14.8 Å². The van der Waals surface area contributed by atoms with E-state index in [9.17, 15) is 9.59 Å². The number of halogens is 1. The molecule has 1 N–H and O–H groups in total. The molecule has 0 bridgehead atoms. The summed E-state index contributed by atoms with van der Waals surface area (Å²) in [6.45, 7) is 4.41. The number of nitrogens with zero attached hydrogens (tertiary/aromatic N) is 1. The van der Waals surface area contributed by atoms with E-state index in [4.69, 9.17) is 14.2 Å². The number of hydrogen-bond donors (Lipinski definition) is 1. The highest BCUT2D eigenvalue weighted by Gasteiger charge is 2.30. The molecule has 0 atom stereocenters. The number of benzene rings is 2. The van der Waals surface area contributed by atoms with Crippen molar-refractivity contribution in [1.82, 2.24) is 4.90 Å². The van der Waals surface area contributed by atoms with Gasteiger partial charge in [0.15, 0.2) is 0 Å². The van der Waals surface area contributed by atoms with Crippen LogP contribution in [0.4, 0.5) is 5.00 Å². The molecular weight excluding hydrogens is 488 g/mol. The van der Waals surface area contributed by atoms with Crippen LogP contribution in [0.5, 0.6) is 11.5 Å². The Hall–Kier alpha value is -3.07. The minimum atomic E-state index is -0.407. The maximum absolute atomic E-state index is 13.1. The highest BCUT2D eigenvalue weighted by atomic mass is 35.5. The smallest absolute Gasteiger partial charge is 0.341 e. The molecule has 0 fully saturated rings. The molecule has 7 nitrogen and oxygen atoms in total. The number of thiophene rings is 1. The highest BCUT2D eigenvalue weighted by molar-refractivity contribution is 7.17. The average Bonchev–Trinajstić information content (AvgIpc) is 3.21. The minimum absolute atomic E-state index is 0. The summed E-state index contributed by atoms with van der Waals surface area (Å²) in [7, 11) is 3.06. The van der Waals surface area contributed by atoms with E-state index in [1.165, 1.54) is 31.1 Å². The first-order valence-corrected chi connectivity index (χ1v) is 12.0. The lowest BCUT2D eigenvalue weighted by atomic mass is 10.0. The molecule has 2 heterocycles. The van der Waals surface area contributed by atoms with Crippen molar-refractivity contribution in [2.75, 3.05) is 32.7 Å². The number of esters is 1. The van der Waals surface area contributed by atoms with E-state index in [0.717, 1.165) is 30.0 Å². The quantitative estimate of drug-likeness (QED) is 0.416. The minimum Gasteiger partial charge on any atom is -0.497 e. The van der Waals surface area contributed by atoms with E-state index in [2.05, 4.69) is 22.3 Å². The largest absolute Gasteiger partial charge is 0.497 e. The number of nitrogens with one attached hydrogen (secondary N) is 1. The van der Waals surface area contributed by atoms with Crippen LogP contribution in [-0.2, 0) is 24.2 Å². The van der Waals surface area contributed by atoms with Crippen LogP contribution in [0, 0.1) is 0 Å². The van der Waals surface area contributed by atoms with E-state index < -0.39 is 5.97 Å². The fourth-order valence-electron chi connectivity index (χ4n) is 4.05. The van der Waals surface area contributed by atoms with E-state index in [1.807, 2.05) is 18.2 Å². The molecule has 4 rings (SSSR count). The van der Waals surface area contributed by atoms with E-state index >= 15 is 0 Å². The Morgan fingerprint density at radius 1 is 1.06 bits per heavy atom. The predicted octanol–water partition coefficient (Wildman–Crippen LogP) is 5.17. The van der Waals surface area contributed by atoms with Gasteiger partial charge in [-0.25, -0.2) is 4.79 Å². The first kappa shape index (κ1) is 26.5. The van der Waals surface area contributed by atoms with Crippen LogP contribution in [-0.4, -0.2) is 44.1 Å². The van der Waals surface area contributed by atoms with Crippen LogP contribution >= 0.6 is 23.7 Å². The predicted molar refractivity (Wildman–Crippen MR) is 139 cm³/mol. The zero-order valence-corrected chi connectivity index (χ0v) is 21.6. The fraction of sp³-hybridized carbons (Fsp3) is 0.308. The van der Waals surface area contributed by atoms with Crippen LogP contribution in [0.1, 0.15) is 43.6 Å². The molecule has 186 valence electrons. The Bertz CT molecular complexity index is 1160. The SMILES string of the molecule is CCOC(=O)c1c(NC(=O)c2cc(OC)cc(OC)c2)sc2c1CCN(Cc1ccccc1)C2.Cl. The molecule has 2 aromatic carbocycles. The van der Waals surface area contributed by atoms with Crippen molar-refractivity contribution in [1.29, 1.82) is 0 Å². The summed E-state index contributed by atoms with van der Waals surface area (Å²) < 4.78 is 15.9. The second kappa shape index (κ2) is 12.1. The number of anilines is 1. The number of fused-ring (bicyclic) bond motifs is 1. The van der Waals surface area contributed by atoms with Crippen molar-refractivity contribution in [3.05, 3.63) is 75.7 Å². The molecule has 35 heavy (non-hydrogen) atoms. The molecule has 0 aliphatic carbocycles.